The molecule has 0 aliphatic heterocycles. The fourth-order valence-corrected chi connectivity index (χ4v) is 2.12. The number of nitrogens with one attached hydrogen (secondary N) is 2. The summed E-state index contributed by atoms with van der Waals surface area (Å²) < 4.78 is 37.3. The Bertz CT molecular complexity index is 777. The molecular weight excluding hydrogens is 352 g/mol. The van der Waals surface area contributed by atoms with Gasteiger partial charge in [-0.25, -0.2) is 5.48 Å². The Balaban J connectivity index is 0.00000312. The summed E-state index contributed by atoms with van der Waals surface area (Å²) in [6.45, 7) is 1.09. The molecule has 2 rings (SSSR count). The van der Waals surface area contributed by atoms with Crippen LogP contribution in [0.5, 0.6) is 11.5 Å². The predicted octanol–water partition coefficient (Wildman–Crippen LogP) is 0.291. The van der Waals surface area contributed by atoms with E-state index < -0.39 is 10.1 Å². The normalized spacial score (nSPS) is 10.8. The number of nitrogens with two attached hydrogens (primary N) is 1. The highest BCUT2D eigenvalue weighted by Gasteiger charge is 2.12. The van der Waals surface area contributed by atoms with Crippen molar-refractivity contribution in [2.75, 3.05) is 32.0 Å². The van der Waals surface area contributed by atoms with E-state index in [1.54, 1.807) is 25.3 Å². The van der Waals surface area contributed by atoms with Crippen molar-refractivity contribution in [3.63, 3.8) is 0 Å². The zero-order valence-electron chi connectivity index (χ0n) is 13.9. The molecule has 25 heavy (non-hydrogen) atoms. The highest BCUT2D eigenvalue weighted by molar-refractivity contribution is 7.86. The van der Waals surface area contributed by atoms with Gasteiger partial charge >= 0.3 is 0 Å². The van der Waals surface area contributed by atoms with E-state index in [-0.39, 0.29) is 11.3 Å². The molecule has 10 nitrogen and oxygen atoms in total. The number of rotatable bonds is 9. The van der Waals surface area contributed by atoms with Gasteiger partial charge in [0.2, 0.25) is 0 Å². The zero-order valence-corrected chi connectivity index (χ0v) is 14.7. The van der Waals surface area contributed by atoms with Crippen molar-refractivity contribution >= 4 is 15.9 Å². The molecule has 0 saturated carbocycles. The number of nitrogens with zero attached hydrogens (tertiary/aromatic N) is 1. The Labute approximate surface area is 145 Å². The first-order chi connectivity index (χ1) is 11.4. The second-order valence-electron chi connectivity index (χ2n) is 4.91. The van der Waals surface area contributed by atoms with Gasteiger partial charge in [-0.05, 0) is 25.1 Å². The van der Waals surface area contributed by atoms with Gasteiger partial charge in [0, 0.05) is 17.7 Å². The fraction of sp³-hybridized carbons (Fsp3) is 0.357. The summed E-state index contributed by atoms with van der Waals surface area (Å²) in [6.07, 6.45) is 1.69. The highest BCUT2D eigenvalue weighted by atomic mass is 32.2. The Morgan fingerprint density at radius 1 is 1.32 bits per heavy atom. The van der Waals surface area contributed by atoms with Gasteiger partial charge in [-0.15, -0.1) is 4.28 Å². The number of H-pyrrole nitrogens is 1. The summed E-state index contributed by atoms with van der Waals surface area (Å²) in [4.78, 5) is 0. The van der Waals surface area contributed by atoms with Crippen molar-refractivity contribution in [3.8, 4) is 22.8 Å². The molecule has 1 aromatic carbocycles. The summed E-state index contributed by atoms with van der Waals surface area (Å²) in [6, 6.07) is 6.96. The van der Waals surface area contributed by atoms with Crippen LogP contribution in [-0.2, 0) is 14.4 Å². The SMILES string of the molecule is COc1cc(OCCCN)ccc1-c1cc(NOS(C)(=O)=O)n[nH]1.O. The van der Waals surface area contributed by atoms with Crippen LogP contribution in [0.2, 0.25) is 0 Å². The van der Waals surface area contributed by atoms with Crippen molar-refractivity contribution in [2.24, 2.45) is 5.73 Å². The minimum atomic E-state index is -3.62. The van der Waals surface area contributed by atoms with Gasteiger partial charge < -0.3 is 20.7 Å². The number of ether oxygens (including phenoxy) is 2. The lowest BCUT2D eigenvalue weighted by Crippen LogP contribution is -2.09. The van der Waals surface area contributed by atoms with Crippen LogP contribution in [0, 0.1) is 0 Å². The smallest absolute Gasteiger partial charge is 0.285 e. The number of aromatic amines is 1. The average molecular weight is 374 g/mol. The minimum Gasteiger partial charge on any atom is -0.496 e. The van der Waals surface area contributed by atoms with Crippen LogP contribution in [0.4, 0.5) is 5.82 Å². The Kier molecular flexibility index (Phi) is 7.64. The van der Waals surface area contributed by atoms with Gasteiger partial charge in [-0.2, -0.15) is 13.5 Å². The molecule has 0 fully saturated rings. The second-order valence-corrected chi connectivity index (χ2v) is 6.48. The van der Waals surface area contributed by atoms with E-state index in [0.717, 1.165) is 18.2 Å². The van der Waals surface area contributed by atoms with Crippen molar-refractivity contribution in [1.29, 1.82) is 0 Å². The summed E-state index contributed by atoms with van der Waals surface area (Å²) in [5.41, 5.74) is 9.05. The maximum atomic E-state index is 11.0. The average Bonchev–Trinajstić information content (AvgIpc) is 3.01. The fourth-order valence-electron chi connectivity index (χ4n) is 1.89. The van der Waals surface area contributed by atoms with Gasteiger partial charge in [0.1, 0.15) is 11.5 Å². The van der Waals surface area contributed by atoms with Gasteiger partial charge in [0.15, 0.2) is 5.82 Å². The van der Waals surface area contributed by atoms with Crippen LogP contribution in [-0.4, -0.2) is 50.6 Å². The molecule has 0 atom stereocenters. The van der Waals surface area contributed by atoms with Crippen LogP contribution in [0.3, 0.4) is 0 Å². The van der Waals surface area contributed by atoms with Crippen molar-refractivity contribution in [3.05, 3.63) is 24.3 Å². The molecule has 0 aliphatic carbocycles. The quantitative estimate of drug-likeness (QED) is 0.417. The van der Waals surface area contributed by atoms with E-state index in [1.807, 2.05) is 6.07 Å². The third kappa shape index (κ3) is 6.23. The van der Waals surface area contributed by atoms with E-state index in [0.29, 0.717) is 30.3 Å². The zero-order chi connectivity index (χ0) is 17.6. The summed E-state index contributed by atoms with van der Waals surface area (Å²) in [7, 11) is -2.08. The largest absolute Gasteiger partial charge is 0.496 e. The summed E-state index contributed by atoms with van der Waals surface area (Å²) in [5, 5.41) is 6.71. The molecule has 1 aromatic heterocycles. The molecule has 0 amide bonds. The number of aromatic nitrogens is 2. The first-order valence-electron chi connectivity index (χ1n) is 7.14. The van der Waals surface area contributed by atoms with E-state index in [4.69, 9.17) is 15.2 Å². The number of hydrogen-bond donors (Lipinski definition) is 3. The lowest BCUT2D eigenvalue weighted by atomic mass is 10.1. The molecule has 0 saturated heterocycles. The molecule has 140 valence electrons. The molecule has 2 aromatic rings. The monoisotopic (exact) mass is 374 g/mol. The molecule has 1 heterocycles. The minimum absolute atomic E-state index is 0. The highest BCUT2D eigenvalue weighted by Crippen LogP contribution is 2.33. The van der Waals surface area contributed by atoms with Crippen molar-refractivity contribution in [1.82, 2.24) is 10.2 Å². The van der Waals surface area contributed by atoms with Crippen LogP contribution in [0.15, 0.2) is 24.3 Å². The number of anilines is 1. The van der Waals surface area contributed by atoms with Gasteiger partial charge in [0.25, 0.3) is 10.1 Å². The van der Waals surface area contributed by atoms with E-state index in [1.165, 1.54) is 0 Å². The first kappa shape index (κ1) is 20.7. The third-order valence-electron chi connectivity index (χ3n) is 2.96. The van der Waals surface area contributed by atoms with Crippen LogP contribution in [0.25, 0.3) is 11.3 Å². The van der Waals surface area contributed by atoms with E-state index >= 15 is 0 Å². The third-order valence-corrected chi connectivity index (χ3v) is 3.34. The van der Waals surface area contributed by atoms with E-state index in [9.17, 15) is 8.42 Å². The second kappa shape index (κ2) is 9.22. The number of hydrogen-bond acceptors (Lipinski definition) is 8. The summed E-state index contributed by atoms with van der Waals surface area (Å²) in [5.74, 6) is 1.47. The molecule has 0 bridgehead atoms. The Morgan fingerprint density at radius 3 is 2.72 bits per heavy atom. The van der Waals surface area contributed by atoms with Crippen LogP contribution >= 0.6 is 0 Å². The molecule has 6 N–H and O–H groups in total. The molecular formula is C14H22N4O6S. The van der Waals surface area contributed by atoms with Crippen molar-refractivity contribution in [2.45, 2.75) is 6.42 Å². The Hall–Kier alpha value is -2.34. The lowest BCUT2D eigenvalue weighted by molar-refractivity contribution is 0.311. The van der Waals surface area contributed by atoms with Gasteiger partial charge in [-0.1, -0.05) is 0 Å². The van der Waals surface area contributed by atoms with Crippen LogP contribution in [0.1, 0.15) is 6.42 Å². The molecule has 0 radical (unpaired) electrons. The maximum Gasteiger partial charge on any atom is 0.285 e. The Morgan fingerprint density at radius 2 is 2.08 bits per heavy atom. The number of benzene rings is 1. The first-order valence-corrected chi connectivity index (χ1v) is 8.95. The van der Waals surface area contributed by atoms with Crippen molar-refractivity contribution < 1.29 is 27.7 Å². The molecule has 0 aliphatic rings. The predicted molar refractivity (Wildman–Crippen MR) is 92.9 cm³/mol. The molecule has 0 spiro atoms. The topological polar surface area (TPSA) is 160 Å². The van der Waals surface area contributed by atoms with Gasteiger partial charge in [-0.3, -0.25) is 5.10 Å². The van der Waals surface area contributed by atoms with Crippen LogP contribution < -0.4 is 20.7 Å². The standard InChI is InChI=1S/C14H20N4O5S.H2O/c1-21-13-8-10(22-7-3-6-15)4-5-11(13)12-9-14(17-16-12)18-23-24(2,19)20;/h4-5,8-9H,3,6-7,15H2,1-2H3,(H2,16,17,18);1H2. The number of methoxy groups -OCH3 is 1. The lowest BCUT2D eigenvalue weighted by Gasteiger charge is -2.10. The maximum absolute atomic E-state index is 11.0. The van der Waals surface area contributed by atoms with E-state index in [2.05, 4.69) is 20.0 Å². The molecule has 0 unspecified atom stereocenters. The summed E-state index contributed by atoms with van der Waals surface area (Å²) >= 11 is 0. The molecule has 11 heteroatoms. The van der Waals surface area contributed by atoms with Gasteiger partial charge in [0.05, 0.1) is 25.7 Å².